The van der Waals surface area contributed by atoms with Gasteiger partial charge in [0.15, 0.2) is 5.76 Å². The van der Waals surface area contributed by atoms with Crippen LogP contribution < -0.4 is 0 Å². The van der Waals surface area contributed by atoms with Gasteiger partial charge in [0.2, 0.25) is 0 Å². The van der Waals surface area contributed by atoms with E-state index in [0.29, 0.717) is 17.1 Å². The first-order valence-electron chi connectivity index (χ1n) is 9.68. The van der Waals surface area contributed by atoms with Gasteiger partial charge in [-0.15, -0.1) is 11.8 Å². The lowest BCUT2D eigenvalue weighted by Crippen LogP contribution is -2.30. The number of rotatable bonds is 5. The SMILES string of the molecule is CSc1ccc(CN2C(=O)C(O)=C(c3ccc(C)cc3)C2c2ccccc2Cl)cc1. The van der Waals surface area contributed by atoms with Gasteiger partial charge in [-0.2, -0.15) is 0 Å². The zero-order valence-corrected chi connectivity index (χ0v) is 18.4. The van der Waals surface area contributed by atoms with Gasteiger partial charge in [-0.1, -0.05) is 71.8 Å². The maximum atomic E-state index is 13.1. The Kier molecular flexibility index (Phi) is 5.89. The van der Waals surface area contributed by atoms with Gasteiger partial charge in [0.05, 0.1) is 6.04 Å². The van der Waals surface area contributed by atoms with Gasteiger partial charge >= 0.3 is 0 Å². The Morgan fingerprint density at radius 3 is 2.30 bits per heavy atom. The summed E-state index contributed by atoms with van der Waals surface area (Å²) < 4.78 is 0. The molecule has 1 heterocycles. The molecule has 3 aromatic carbocycles. The minimum Gasteiger partial charge on any atom is -0.503 e. The van der Waals surface area contributed by atoms with Crippen LogP contribution in [-0.4, -0.2) is 22.2 Å². The first-order chi connectivity index (χ1) is 14.5. The summed E-state index contributed by atoms with van der Waals surface area (Å²) in [4.78, 5) is 16.0. The summed E-state index contributed by atoms with van der Waals surface area (Å²) in [6.45, 7) is 2.39. The molecule has 0 spiro atoms. The summed E-state index contributed by atoms with van der Waals surface area (Å²) in [5.41, 5.74) is 4.32. The van der Waals surface area contributed by atoms with Crippen molar-refractivity contribution in [2.24, 2.45) is 0 Å². The van der Waals surface area contributed by atoms with Crippen molar-refractivity contribution in [3.63, 3.8) is 0 Å². The maximum absolute atomic E-state index is 13.1. The zero-order chi connectivity index (χ0) is 21.3. The van der Waals surface area contributed by atoms with Gasteiger partial charge in [-0.25, -0.2) is 0 Å². The molecule has 4 rings (SSSR count). The number of hydrogen-bond acceptors (Lipinski definition) is 3. The van der Waals surface area contributed by atoms with Gasteiger partial charge in [-0.3, -0.25) is 4.79 Å². The topological polar surface area (TPSA) is 40.5 Å². The minimum absolute atomic E-state index is 0.218. The molecule has 1 aliphatic rings. The van der Waals surface area contributed by atoms with Crippen molar-refractivity contribution in [3.05, 3.63) is 106 Å². The number of carbonyl (C=O) groups excluding carboxylic acids is 1. The molecule has 1 amide bonds. The Morgan fingerprint density at radius 1 is 1.00 bits per heavy atom. The van der Waals surface area contributed by atoms with E-state index in [9.17, 15) is 9.90 Å². The highest BCUT2D eigenvalue weighted by Crippen LogP contribution is 2.45. The summed E-state index contributed by atoms with van der Waals surface area (Å²) >= 11 is 8.21. The Labute approximate surface area is 186 Å². The summed E-state index contributed by atoms with van der Waals surface area (Å²) in [5, 5.41) is 11.4. The number of benzene rings is 3. The lowest BCUT2D eigenvalue weighted by Gasteiger charge is -2.28. The molecule has 152 valence electrons. The molecule has 0 radical (unpaired) electrons. The second-order valence-corrected chi connectivity index (χ2v) is 8.62. The van der Waals surface area contributed by atoms with Crippen molar-refractivity contribution in [2.75, 3.05) is 6.26 Å². The molecule has 0 saturated carbocycles. The van der Waals surface area contributed by atoms with Crippen molar-refractivity contribution >= 4 is 34.8 Å². The molecule has 0 fully saturated rings. The predicted octanol–water partition coefficient (Wildman–Crippen LogP) is 6.42. The van der Waals surface area contributed by atoms with Crippen LogP contribution in [0.4, 0.5) is 0 Å². The van der Waals surface area contributed by atoms with Crippen molar-refractivity contribution in [1.29, 1.82) is 0 Å². The number of carbonyl (C=O) groups is 1. The molecule has 0 saturated heterocycles. The van der Waals surface area contributed by atoms with Crippen LogP contribution in [0.1, 0.15) is 28.3 Å². The molecule has 30 heavy (non-hydrogen) atoms. The molecule has 0 bridgehead atoms. The fourth-order valence-corrected chi connectivity index (χ4v) is 4.44. The molecule has 3 nitrogen and oxygen atoms in total. The monoisotopic (exact) mass is 435 g/mol. The molecule has 1 atom stereocenters. The lowest BCUT2D eigenvalue weighted by atomic mass is 9.93. The molecular weight excluding hydrogens is 414 g/mol. The van der Waals surface area contributed by atoms with E-state index in [1.165, 1.54) is 0 Å². The van der Waals surface area contributed by atoms with E-state index in [0.717, 1.165) is 27.1 Å². The number of thioether (sulfide) groups is 1. The number of aliphatic hydroxyl groups excluding tert-OH is 1. The van der Waals surface area contributed by atoms with Gasteiger partial charge < -0.3 is 10.0 Å². The smallest absolute Gasteiger partial charge is 0.290 e. The third kappa shape index (κ3) is 3.85. The highest BCUT2D eigenvalue weighted by Gasteiger charge is 2.41. The molecule has 1 aliphatic heterocycles. The lowest BCUT2D eigenvalue weighted by molar-refractivity contribution is -0.130. The molecule has 5 heteroatoms. The molecule has 1 unspecified atom stereocenters. The van der Waals surface area contributed by atoms with Crippen LogP contribution in [-0.2, 0) is 11.3 Å². The highest BCUT2D eigenvalue weighted by atomic mass is 35.5. The number of nitrogens with zero attached hydrogens (tertiary/aromatic N) is 1. The fourth-order valence-electron chi connectivity index (χ4n) is 3.79. The van der Waals surface area contributed by atoms with E-state index in [-0.39, 0.29) is 11.7 Å². The molecule has 3 aromatic rings. The number of aliphatic hydroxyl groups is 1. The zero-order valence-electron chi connectivity index (χ0n) is 16.8. The van der Waals surface area contributed by atoms with Crippen LogP contribution in [0.15, 0.2) is 83.5 Å². The number of amides is 1. The summed E-state index contributed by atoms with van der Waals surface area (Å²) in [6, 6.07) is 23.0. The van der Waals surface area contributed by atoms with Crippen LogP contribution in [0.5, 0.6) is 0 Å². The first kappa shape index (κ1) is 20.6. The highest BCUT2D eigenvalue weighted by molar-refractivity contribution is 7.98. The number of hydrogen-bond donors (Lipinski definition) is 1. The Bertz CT molecular complexity index is 1110. The van der Waals surface area contributed by atoms with Crippen LogP contribution in [0.25, 0.3) is 5.57 Å². The van der Waals surface area contributed by atoms with Crippen molar-refractivity contribution in [2.45, 2.75) is 24.4 Å². The van der Waals surface area contributed by atoms with Crippen molar-refractivity contribution in [1.82, 2.24) is 4.90 Å². The Hall–Kier alpha value is -2.69. The van der Waals surface area contributed by atoms with E-state index in [1.54, 1.807) is 16.7 Å². The van der Waals surface area contributed by atoms with Crippen molar-refractivity contribution < 1.29 is 9.90 Å². The Morgan fingerprint density at radius 2 is 1.67 bits per heavy atom. The van der Waals surface area contributed by atoms with Crippen LogP contribution >= 0.6 is 23.4 Å². The summed E-state index contributed by atoms with van der Waals surface area (Å²) in [7, 11) is 0. The Balaban J connectivity index is 1.80. The van der Waals surface area contributed by atoms with Crippen molar-refractivity contribution in [3.8, 4) is 0 Å². The molecule has 0 aromatic heterocycles. The molecule has 1 N–H and O–H groups in total. The minimum atomic E-state index is -0.464. The van der Waals surface area contributed by atoms with E-state index < -0.39 is 6.04 Å². The average Bonchev–Trinajstić information content (AvgIpc) is 3.00. The van der Waals surface area contributed by atoms with E-state index in [4.69, 9.17) is 11.6 Å². The summed E-state index contributed by atoms with van der Waals surface area (Å²) in [6.07, 6.45) is 2.03. The number of halogens is 1. The quantitative estimate of drug-likeness (QED) is 0.470. The predicted molar refractivity (Wildman–Crippen MR) is 124 cm³/mol. The van der Waals surface area contributed by atoms with Gasteiger partial charge in [0, 0.05) is 22.0 Å². The van der Waals surface area contributed by atoms with E-state index in [1.807, 2.05) is 86.0 Å². The fraction of sp³-hybridized carbons (Fsp3) is 0.160. The second-order valence-electron chi connectivity index (χ2n) is 7.33. The normalized spacial score (nSPS) is 16.4. The molecular formula is C25H22ClNO2S. The number of aryl methyl sites for hydroxylation is 1. The van der Waals surface area contributed by atoms with Crippen LogP contribution in [0.3, 0.4) is 0 Å². The second kappa shape index (κ2) is 8.58. The largest absolute Gasteiger partial charge is 0.503 e. The third-order valence-electron chi connectivity index (χ3n) is 5.38. The van der Waals surface area contributed by atoms with Gasteiger partial charge in [0.1, 0.15) is 0 Å². The van der Waals surface area contributed by atoms with Crippen LogP contribution in [0.2, 0.25) is 5.02 Å². The van der Waals surface area contributed by atoms with E-state index in [2.05, 4.69) is 0 Å². The van der Waals surface area contributed by atoms with E-state index >= 15 is 0 Å². The summed E-state index contributed by atoms with van der Waals surface area (Å²) in [5.74, 6) is -0.603. The maximum Gasteiger partial charge on any atom is 0.290 e. The standard InChI is InChI=1S/C25H22ClNO2S/c1-16-7-11-18(12-8-16)22-23(20-5-3-4-6-21(20)26)27(25(29)24(22)28)15-17-9-13-19(30-2)14-10-17/h3-14,23,28H,15H2,1-2H3. The van der Waals surface area contributed by atoms with Gasteiger partial charge in [0.25, 0.3) is 5.91 Å². The van der Waals surface area contributed by atoms with Crippen LogP contribution in [0, 0.1) is 6.92 Å². The third-order valence-corrected chi connectivity index (χ3v) is 6.47. The average molecular weight is 436 g/mol. The first-order valence-corrected chi connectivity index (χ1v) is 11.3. The molecule has 0 aliphatic carbocycles. The van der Waals surface area contributed by atoms with Gasteiger partial charge in [-0.05, 0) is 48.1 Å².